The van der Waals surface area contributed by atoms with Gasteiger partial charge in [-0.1, -0.05) is 6.07 Å². The van der Waals surface area contributed by atoms with Gasteiger partial charge in [0.2, 0.25) is 0 Å². The quantitative estimate of drug-likeness (QED) is 0.716. The van der Waals surface area contributed by atoms with Crippen LogP contribution in [0.2, 0.25) is 0 Å². The molecule has 2 rings (SSSR count). The molecule has 0 atom stereocenters. The summed E-state index contributed by atoms with van der Waals surface area (Å²) in [5.41, 5.74) is 1.40. The molecule has 2 heteroatoms. The number of halogens is 1. The zero-order valence-corrected chi connectivity index (χ0v) is 9.83. The Kier molecular flexibility index (Phi) is 3.09. The summed E-state index contributed by atoms with van der Waals surface area (Å²) in [6.07, 6.45) is 4.11. The summed E-state index contributed by atoms with van der Waals surface area (Å²) in [5.74, 6) is 0. The van der Waals surface area contributed by atoms with Crippen molar-refractivity contribution in [3.8, 4) is 0 Å². The lowest BCUT2D eigenvalue weighted by Gasteiger charge is -2.28. The van der Waals surface area contributed by atoms with E-state index < -0.39 is 0 Å². The van der Waals surface area contributed by atoms with Crippen LogP contribution >= 0.6 is 22.6 Å². The molecule has 0 aromatic heterocycles. The van der Waals surface area contributed by atoms with Crippen LogP contribution in [0.5, 0.6) is 0 Å². The minimum atomic E-state index is 1.24. The van der Waals surface area contributed by atoms with Gasteiger partial charge in [0.15, 0.2) is 0 Å². The normalized spacial score (nSPS) is 17.5. The molecule has 1 aromatic rings. The van der Waals surface area contributed by atoms with Gasteiger partial charge < -0.3 is 4.90 Å². The monoisotopic (exact) mass is 287 g/mol. The van der Waals surface area contributed by atoms with E-state index in [4.69, 9.17) is 0 Å². The zero-order chi connectivity index (χ0) is 9.10. The fourth-order valence-electron chi connectivity index (χ4n) is 1.82. The van der Waals surface area contributed by atoms with E-state index in [9.17, 15) is 0 Å². The Morgan fingerprint density at radius 3 is 2.54 bits per heavy atom. The Hall–Kier alpha value is -0.250. The highest BCUT2D eigenvalue weighted by Crippen LogP contribution is 2.21. The highest BCUT2D eigenvalue weighted by atomic mass is 127. The summed E-state index contributed by atoms with van der Waals surface area (Å²) >= 11 is 2.37. The van der Waals surface area contributed by atoms with E-state index >= 15 is 0 Å². The lowest BCUT2D eigenvalue weighted by molar-refractivity contribution is 0.578. The molecule has 1 aliphatic heterocycles. The van der Waals surface area contributed by atoms with Crippen LogP contribution in [0.25, 0.3) is 0 Å². The van der Waals surface area contributed by atoms with Crippen LogP contribution in [0, 0.1) is 3.57 Å². The lowest BCUT2D eigenvalue weighted by Crippen LogP contribution is -2.29. The maximum atomic E-state index is 2.49. The highest BCUT2D eigenvalue weighted by Gasteiger charge is 2.10. The Morgan fingerprint density at radius 1 is 1.08 bits per heavy atom. The maximum Gasteiger partial charge on any atom is 0.0376 e. The van der Waals surface area contributed by atoms with Gasteiger partial charge >= 0.3 is 0 Å². The molecule has 1 saturated heterocycles. The standard InChI is InChI=1S/C11H14IN/c12-10-5-4-6-11(9-10)13-7-2-1-3-8-13/h4-6,9H,1-3,7-8H2. The predicted octanol–water partition coefficient (Wildman–Crippen LogP) is 3.28. The van der Waals surface area contributed by atoms with Gasteiger partial charge in [-0.2, -0.15) is 0 Å². The third-order valence-electron chi connectivity index (χ3n) is 2.53. The van der Waals surface area contributed by atoms with Crippen LogP contribution in [-0.4, -0.2) is 13.1 Å². The molecule has 0 unspecified atom stereocenters. The van der Waals surface area contributed by atoms with Gasteiger partial charge in [-0.05, 0) is 60.1 Å². The molecule has 0 radical (unpaired) electrons. The highest BCUT2D eigenvalue weighted by molar-refractivity contribution is 14.1. The number of hydrogen-bond donors (Lipinski definition) is 0. The molecule has 13 heavy (non-hydrogen) atoms. The largest absolute Gasteiger partial charge is 0.372 e. The van der Waals surface area contributed by atoms with Crippen molar-refractivity contribution in [2.24, 2.45) is 0 Å². The average molecular weight is 287 g/mol. The first-order chi connectivity index (χ1) is 6.36. The third-order valence-corrected chi connectivity index (χ3v) is 3.20. The van der Waals surface area contributed by atoms with Crippen molar-refractivity contribution in [2.45, 2.75) is 19.3 Å². The Labute approximate surface area is 93.3 Å². The first-order valence-electron chi connectivity index (χ1n) is 4.87. The van der Waals surface area contributed by atoms with Crippen LogP contribution in [0.3, 0.4) is 0 Å². The maximum absolute atomic E-state index is 2.49. The van der Waals surface area contributed by atoms with Gasteiger partial charge in [-0.3, -0.25) is 0 Å². The van der Waals surface area contributed by atoms with E-state index in [2.05, 4.69) is 51.8 Å². The number of rotatable bonds is 1. The average Bonchev–Trinajstić information content (AvgIpc) is 2.19. The van der Waals surface area contributed by atoms with Crippen molar-refractivity contribution in [1.29, 1.82) is 0 Å². The summed E-state index contributed by atoms with van der Waals surface area (Å²) in [5, 5.41) is 0. The molecule has 0 bridgehead atoms. The second-order valence-corrected chi connectivity index (χ2v) is 4.77. The number of nitrogens with zero attached hydrogens (tertiary/aromatic N) is 1. The zero-order valence-electron chi connectivity index (χ0n) is 7.67. The molecule has 70 valence electrons. The van der Waals surface area contributed by atoms with Gasteiger partial charge in [0.05, 0.1) is 0 Å². The molecule has 1 fully saturated rings. The first kappa shape index (κ1) is 9.31. The molecule has 1 heterocycles. The van der Waals surface area contributed by atoms with E-state index in [0.717, 1.165) is 0 Å². The number of piperidine rings is 1. The van der Waals surface area contributed by atoms with Crippen LogP contribution in [0.1, 0.15) is 19.3 Å². The molecule has 0 spiro atoms. The van der Waals surface area contributed by atoms with E-state index in [1.807, 2.05) is 0 Å². The number of hydrogen-bond acceptors (Lipinski definition) is 1. The van der Waals surface area contributed by atoms with Gasteiger partial charge in [-0.25, -0.2) is 0 Å². The van der Waals surface area contributed by atoms with Crippen LogP contribution in [-0.2, 0) is 0 Å². The van der Waals surface area contributed by atoms with Crippen molar-refractivity contribution < 1.29 is 0 Å². The molecule has 1 aromatic carbocycles. The van der Waals surface area contributed by atoms with E-state index in [-0.39, 0.29) is 0 Å². The number of benzene rings is 1. The SMILES string of the molecule is Ic1cccc(N2CCCCC2)c1. The summed E-state index contributed by atoms with van der Waals surface area (Å²) in [6.45, 7) is 2.47. The fourth-order valence-corrected chi connectivity index (χ4v) is 2.35. The van der Waals surface area contributed by atoms with Crippen molar-refractivity contribution in [1.82, 2.24) is 0 Å². The lowest BCUT2D eigenvalue weighted by atomic mass is 10.1. The third kappa shape index (κ3) is 2.36. The molecule has 0 N–H and O–H groups in total. The molecular weight excluding hydrogens is 273 g/mol. The minimum Gasteiger partial charge on any atom is -0.372 e. The molecule has 0 saturated carbocycles. The Morgan fingerprint density at radius 2 is 1.85 bits per heavy atom. The minimum absolute atomic E-state index is 1.24. The summed E-state index contributed by atoms with van der Waals surface area (Å²) < 4.78 is 1.33. The molecule has 1 aliphatic rings. The fraction of sp³-hybridized carbons (Fsp3) is 0.455. The topological polar surface area (TPSA) is 3.24 Å². The molecule has 0 amide bonds. The molecule has 0 aliphatic carbocycles. The Bertz CT molecular complexity index is 279. The predicted molar refractivity (Wildman–Crippen MR) is 65.2 cm³/mol. The van der Waals surface area contributed by atoms with E-state index in [0.29, 0.717) is 0 Å². The van der Waals surface area contributed by atoms with Crippen LogP contribution in [0.15, 0.2) is 24.3 Å². The van der Waals surface area contributed by atoms with Crippen LogP contribution in [0.4, 0.5) is 5.69 Å². The van der Waals surface area contributed by atoms with Gasteiger partial charge in [0.25, 0.3) is 0 Å². The molecular formula is C11H14IN. The van der Waals surface area contributed by atoms with Gasteiger partial charge in [0.1, 0.15) is 0 Å². The van der Waals surface area contributed by atoms with E-state index in [1.54, 1.807) is 0 Å². The van der Waals surface area contributed by atoms with Gasteiger partial charge in [-0.15, -0.1) is 0 Å². The molecule has 1 nitrogen and oxygen atoms in total. The second-order valence-electron chi connectivity index (χ2n) is 3.53. The summed E-state index contributed by atoms with van der Waals surface area (Å²) in [7, 11) is 0. The van der Waals surface area contributed by atoms with Crippen molar-refractivity contribution >= 4 is 28.3 Å². The van der Waals surface area contributed by atoms with Crippen molar-refractivity contribution in [3.05, 3.63) is 27.8 Å². The smallest absolute Gasteiger partial charge is 0.0376 e. The van der Waals surface area contributed by atoms with Crippen LogP contribution < -0.4 is 4.90 Å². The van der Waals surface area contributed by atoms with Crippen molar-refractivity contribution in [3.63, 3.8) is 0 Å². The Balaban J connectivity index is 2.14. The summed E-state index contributed by atoms with van der Waals surface area (Å²) in [6, 6.07) is 8.78. The second kappa shape index (κ2) is 4.31. The number of anilines is 1. The van der Waals surface area contributed by atoms with Crippen molar-refractivity contribution in [2.75, 3.05) is 18.0 Å². The summed E-state index contributed by atoms with van der Waals surface area (Å²) in [4.78, 5) is 2.49. The first-order valence-corrected chi connectivity index (χ1v) is 5.95. The van der Waals surface area contributed by atoms with Gasteiger partial charge in [0, 0.05) is 22.3 Å². The van der Waals surface area contributed by atoms with E-state index in [1.165, 1.54) is 41.6 Å².